The zero-order chi connectivity index (χ0) is 24.8. The van der Waals surface area contributed by atoms with Crippen molar-refractivity contribution in [3.05, 3.63) is 64.7 Å². The van der Waals surface area contributed by atoms with Crippen molar-refractivity contribution in [1.29, 1.82) is 0 Å². The van der Waals surface area contributed by atoms with Gasteiger partial charge in [-0.3, -0.25) is 0 Å². The van der Waals surface area contributed by atoms with Crippen molar-refractivity contribution >= 4 is 12.1 Å². The van der Waals surface area contributed by atoms with Crippen LogP contribution in [-0.4, -0.2) is 36.0 Å². The second-order valence-electron chi connectivity index (χ2n) is 7.93. The van der Waals surface area contributed by atoms with E-state index in [1.54, 1.807) is 18.2 Å². The van der Waals surface area contributed by atoms with Crippen LogP contribution in [-0.2, 0) is 40.0 Å². The maximum Gasteiger partial charge on any atom is 0.416 e. The van der Waals surface area contributed by atoms with E-state index in [9.17, 15) is 27.9 Å². The van der Waals surface area contributed by atoms with Gasteiger partial charge in [0.25, 0.3) is 0 Å². The minimum Gasteiger partial charge on any atom is -0.494 e. The summed E-state index contributed by atoms with van der Waals surface area (Å²) in [5, 5.41) is 12.2. The average molecular weight is 481 g/mol. The van der Waals surface area contributed by atoms with E-state index in [4.69, 9.17) is 14.2 Å². The van der Waals surface area contributed by atoms with E-state index in [1.807, 2.05) is 6.92 Å². The fourth-order valence-corrected chi connectivity index (χ4v) is 3.75. The Morgan fingerprint density at radius 2 is 1.85 bits per heavy atom. The van der Waals surface area contributed by atoms with Crippen molar-refractivity contribution in [3.63, 3.8) is 0 Å². The Balaban J connectivity index is 1.61. The molecule has 0 aromatic heterocycles. The lowest BCUT2D eigenvalue weighted by Gasteiger charge is -2.24. The van der Waals surface area contributed by atoms with Crippen LogP contribution in [0.5, 0.6) is 5.75 Å². The second kappa shape index (κ2) is 10.8. The molecule has 2 aromatic rings. The number of benzene rings is 2. The summed E-state index contributed by atoms with van der Waals surface area (Å²) in [7, 11) is 0. The number of halogens is 3. The minimum atomic E-state index is -4.43. The SMILES string of the molecule is CCOc1ccc(CC2(C(=O)O)CCCO2)cc1CNC(=O)OCc1ccc(C(F)(F)F)cc1. The molecule has 34 heavy (non-hydrogen) atoms. The molecule has 2 aromatic carbocycles. The number of hydrogen-bond acceptors (Lipinski definition) is 5. The highest BCUT2D eigenvalue weighted by Gasteiger charge is 2.43. The molecule has 1 aliphatic heterocycles. The quantitative estimate of drug-likeness (QED) is 0.539. The van der Waals surface area contributed by atoms with E-state index < -0.39 is 29.4 Å². The Morgan fingerprint density at radius 1 is 1.15 bits per heavy atom. The molecule has 0 aliphatic carbocycles. The van der Waals surface area contributed by atoms with E-state index >= 15 is 0 Å². The number of alkyl carbamates (subject to hydrolysis) is 1. The van der Waals surface area contributed by atoms with E-state index in [0.29, 0.717) is 42.9 Å². The van der Waals surface area contributed by atoms with Crippen LogP contribution < -0.4 is 10.1 Å². The lowest BCUT2D eigenvalue weighted by molar-refractivity contribution is -0.159. The van der Waals surface area contributed by atoms with Crippen molar-refractivity contribution in [2.24, 2.45) is 0 Å². The first-order valence-corrected chi connectivity index (χ1v) is 10.8. The average Bonchev–Trinajstić information content (AvgIpc) is 3.27. The maximum absolute atomic E-state index is 12.6. The summed E-state index contributed by atoms with van der Waals surface area (Å²) in [4.78, 5) is 23.9. The summed E-state index contributed by atoms with van der Waals surface area (Å²) < 4.78 is 54.2. The largest absolute Gasteiger partial charge is 0.494 e. The van der Waals surface area contributed by atoms with Crippen LogP contribution in [0.15, 0.2) is 42.5 Å². The summed E-state index contributed by atoms with van der Waals surface area (Å²) in [6.07, 6.45) is -3.92. The van der Waals surface area contributed by atoms with E-state index in [0.717, 1.165) is 17.7 Å². The number of alkyl halides is 3. The number of aliphatic carboxylic acids is 1. The Hall–Kier alpha value is -3.27. The lowest BCUT2D eigenvalue weighted by Crippen LogP contribution is -2.40. The molecule has 1 saturated heterocycles. The van der Waals surface area contributed by atoms with E-state index in [2.05, 4.69) is 5.32 Å². The van der Waals surface area contributed by atoms with Gasteiger partial charge >= 0.3 is 18.2 Å². The van der Waals surface area contributed by atoms with Crippen LogP contribution in [0.4, 0.5) is 18.0 Å². The monoisotopic (exact) mass is 481 g/mol. The van der Waals surface area contributed by atoms with Crippen LogP contribution in [0, 0.1) is 0 Å². The number of ether oxygens (including phenoxy) is 3. The van der Waals surface area contributed by atoms with Gasteiger partial charge in [-0.05, 0) is 49.1 Å². The Bertz CT molecular complexity index is 1000. The van der Waals surface area contributed by atoms with Crippen LogP contribution in [0.1, 0.15) is 42.0 Å². The molecule has 1 aliphatic rings. The van der Waals surface area contributed by atoms with E-state index in [1.165, 1.54) is 12.1 Å². The molecule has 184 valence electrons. The number of carbonyl (C=O) groups excluding carboxylic acids is 1. The first-order valence-electron chi connectivity index (χ1n) is 10.8. The fourth-order valence-electron chi connectivity index (χ4n) is 3.75. The van der Waals surface area contributed by atoms with Gasteiger partial charge < -0.3 is 24.6 Å². The Labute approximate surface area is 194 Å². The number of carboxylic acid groups (broad SMARTS) is 1. The van der Waals surface area contributed by atoms with Gasteiger partial charge in [-0.2, -0.15) is 13.2 Å². The van der Waals surface area contributed by atoms with E-state index in [-0.39, 0.29) is 19.6 Å². The Morgan fingerprint density at radius 3 is 2.44 bits per heavy atom. The topological polar surface area (TPSA) is 94.1 Å². The molecule has 2 N–H and O–H groups in total. The van der Waals surface area contributed by atoms with Crippen LogP contribution in [0.25, 0.3) is 0 Å². The molecule has 1 heterocycles. The van der Waals surface area contributed by atoms with Crippen molar-refractivity contribution in [3.8, 4) is 5.75 Å². The molecule has 3 rings (SSSR count). The molecule has 7 nitrogen and oxygen atoms in total. The van der Waals surface area contributed by atoms with Crippen molar-refractivity contribution in [2.75, 3.05) is 13.2 Å². The third kappa shape index (κ3) is 6.40. The summed E-state index contributed by atoms with van der Waals surface area (Å²) >= 11 is 0. The second-order valence-corrected chi connectivity index (χ2v) is 7.93. The molecule has 0 saturated carbocycles. The lowest BCUT2D eigenvalue weighted by atomic mass is 9.91. The summed E-state index contributed by atoms with van der Waals surface area (Å²) in [5.41, 5.74) is -0.280. The molecule has 0 radical (unpaired) electrons. The number of carbonyl (C=O) groups is 2. The van der Waals surface area contributed by atoms with Crippen LogP contribution in [0.3, 0.4) is 0 Å². The fraction of sp³-hybridized carbons (Fsp3) is 0.417. The Kier molecular flexibility index (Phi) is 8.03. The summed E-state index contributed by atoms with van der Waals surface area (Å²) in [6.45, 7) is 2.46. The molecule has 1 atom stereocenters. The van der Waals surface area contributed by atoms with Gasteiger partial charge in [-0.15, -0.1) is 0 Å². The predicted molar refractivity (Wildman–Crippen MR) is 115 cm³/mol. The first-order chi connectivity index (χ1) is 16.1. The van der Waals surface area contributed by atoms with Crippen molar-refractivity contribution < 1.29 is 42.1 Å². The molecule has 10 heteroatoms. The number of hydrogen-bond donors (Lipinski definition) is 2. The minimum absolute atomic E-state index is 0.0515. The van der Waals surface area contributed by atoms with Gasteiger partial charge in [0.2, 0.25) is 0 Å². The van der Waals surface area contributed by atoms with Crippen LogP contribution in [0.2, 0.25) is 0 Å². The molecule has 0 spiro atoms. The van der Waals surface area contributed by atoms with Gasteiger partial charge in [0.05, 0.1) is 12.2 Å². The van der Waals surface area contributed by atoms with Gasteiger partial charge in [0.15, 0.2) is 5.60 Å². The zero-order valence-electron chi connectivity index (χ0n) is 18.6. The van der Waals surface area contributed by atoms with Gasteiger partial charge in [-0.25, -0.2) is 9.59 Å². The van der Waals surface area contributed by atoms with Crippen LogP contribution >= 0.6 is 0 Å². The maximum atomic E-state index is 12.6. The van der Waals surface area contributed by atoms with Crippen molar-refractivity contribution in [1.82, 2.24) is 5.32 Å². The molecule has 1 fully saturated rings. The van der Waals surface area contributed by atoms with Gasteiger partial charge in [0, 0.05) is 25.1 Å². The molecular formula is C24H26F3NO6. The summed E-state index contributed by atoms with van der Waals surface area (Å²) in [5.74, 6) is -0.476. The predicted octanol–water partition coefficient (Wildman–Crippen LogP) is 4.71. The standard InChI is InChI=1S/C24H26F3NO6/c1-2-32-20-9-6-17(13-23(21(29)30)10-3-11-34-23)12-18(20)14-28-22(31)33-15-16-4-7-19(8-5-16)24(25,26)27/h4-9,12H,2-3,10-11,13-15H2,1H3,(H,28,31)(H,29,30). The molecule has 1 amide bonds. The smallest absolute Gasteiger partial charge is 0.416 e. The third-order valence-corrected chi connectivity index (χ3v) is 5.48. The summed E-state index contributed by atoms with van der Waals surface area (Å²) in [6, 6.07) is 9.58. The molecule has 1 unspecified atom stereocenters. The number of carboxylic acids is 1. The molecular weight excluding hydrogens is 455 g/mol. The highest BCUT2D eigenvalue weighted by atomic mass is 19.4. The third-order valence-electron chi connectivity index (χ3n) is 5.48. The zero-order valence-corrected chi connectivity index (χ0v) is 18.6. The van der Waals surface area contributed by atoms with Gasteiger partial charge in [-0.1, -0.05) is 24.3 Å². The highest BCUT2D eigenvalue weighted by molar-refractivity contribution is 5.78. The molecule has 0 bridgehead atoms. The van der Waals surface area contributed by atoms with Gasteiger partial charge in [0.1, 0.15) is 12.4 Å². The first kappa shape index (κ1) is 25.4. The highest BCUT2D eigenvalue weighted by Crippen LogP contribution is 2.32. The normalized spacial score (nSPS) is 17.9. The number of rotatable bonds is 9. The van der Waals surface area contributed by atoms with Crippen molar-refractivity contribution in [2.45, 2.75) is 51.1 Å². The number of nitrogens with one attached hydrogen (secondary N) is 1. The number of amides is 1.